The van der Waals surface area contributed by atoms with Gasteiger partial charge in [0.1, 0.15) is 5.82 Å². The molecule has 0 saturated carbocycles. The summed E-state index contributed by atoms with van der Waals surface area (Å²) in [5, 5.41) is 3.19. The minimum atomic E-state index is -0.521. The Bertz CT molecular complexity index is 411. The lowest BCUT2D eigenvalue weighted by Crippen LogP contribution is -2.20. The normalized spacial score (nSPS) is 11.1. The van der Waals surface area contributed by atoms with Gasteiger partial charge in [-0.2, -0.15) is 0 Å². The molecule has 94 valence electrons. The molecule has 1 N–H and O–H groups in total. The number of nitrogens with zero attached hydrogens (tertiary/aromatic N) is 2. The quantitative estimate of drug-likeness (QED) is 0.815. The minimum Gasteiger partial charge on any atom is -0.463 e. The Morgan fingerprint density at radius 1 is 1.41 bits per heavy atom. The van der Waals surface area contributed by atoms with Crippen LogP contribution in [-0.4, -0.2) is 29.6 Å². The SMILES string of the molecule is COC(=O)c1nc(C)cc(NCC(C)(C)C)n1. The number of nitrogens with one attached hydrogen (secondary N) is 1. The molecular formula is C12H19N3O2. The number of aryl methyl sites for hydroxylation is 1. The standard InChI is InChI=1S/C12H19N3O2/c1-8-6-9(13-7-12(2,3)4)15-10(14-8)11(16)17-5/h6H,7H2,1-5H3,(H,13,14,15). The van der Waals surface area contributed by atoms with Gasteiger partial charge >= 0.3 is 5.97 Å². The van der Waals surface area contributed by atoms with Crippen molar-refractivity contribution in [2.75, 3.05) is 19.0 Å². The predicted molar refractivity (Wildman–Crippen MR) is 66.1 cm³/mol. The summed E-state index contributed by atoms with van der Waals surface area (Å²) in [5.74, 6) is 0.212. The van der Waals surface area contributed by atoms with Gasteiger partial charge in [0, 0.05) is 18.3 Å². The maximum atomic E-state index is 11.3. The first-order valence-electron chi connectivity index (χ1n) is 5.50. The number of hydrogen-bond acceptors (Lipinski definition) is 5. The van der Waals surface area contributed by atoms with Crippen LogP contribution in [0.1, 0.15) is 37.1 Å². The molecule has 0 aliphatic rings. The maximum absolute atomic E-state index is 11.3. The molecule has 0 atom stereocenters. The van der Waals surface area contributed by atoms with Crippen LogP contribution in [0, 0.1) is 12.3 Å². The van der Waals surface area contributed by atoms with Gasteiger partial charge in [0.25, 0.3) is 0 Å². The smallest absolute Gasteiger partial charge is 0.376 e. The van der Waals surface area contributed by atoms with E-state index < -0.39 is 5.97 Å². The Balaban J connectivity index is 2.86. The highest BCUT2D eigenvalue weighted by Crippen LogP contribution is 2.14. The topological polar surface area (TPSA) is 64.1 Å². The van der Waals surface area contributed by atoms with Crippen molar-refractivity contribution in [3.05, 3.63) is 17.6 Å². The van der Waals surface area contributed by atoms with E-state index in [1.54, 1.807) is 6.07 Å². The molecule has 0 aliphatic heterocycles. The highest BCUT2D eigenvalue weighted by atomic mass is 16.5. The van der Waals surface area contributed by atoms with Crippen LogP contribution in [0.25, 0.3) is 0 Å². The number of anilines is 1. The van der Waals surface area contributed by atoms with Crippen LogP contribution in [0.15, 0.2) is 6.07 Å². The summed E-state index contributed by atoms with van der Waals surface area (Å²) >= 11 is 0. The van der Waals surface area contributed by atoms with Crippen LogP contribution in [0.4, 0.5) is 5.82 Å². The van der Waals surface area contributed by atoms with Crippen molar-refractivity contribution in [2.45, 2.75) is 27.7 Å². The Kier molecular flexibility index (Phi) is 4.04. The summed E-state index contributed by atoms with van der Waals surface area (Å²) in [6.45, 7) is 8.94. The first-order valence-corrected chi connectivity index (χ1v) is 5.50. The molecule has 0 saturated heterocycles. The molecule has 1 rings (SSSR count). The second-order valence-electron chi connectivity index (χ2n) is 5.12. The maximum Gasteiger partial charge on any atom is 0.376 e. The predicted octanol–water partition coefficient (Wildman–Crippen LogP) is 2.03. The van der Waals surface area contributed by atoms with Crippen LogP contribution in [0.3, 0.4) is 0 Å². The Morgan fingerprint density at radius 3 is 2.59 bits per heavy atom. The molecule has 0 bridgehead atoms. The van der Waals surface area contributed by atoms with Crippen LogP contribution < -0.4 is 5.32 Å². The van der Waals surface area contributed by atoms with Gasteiger partial charge in [-0.15, -0.1) is 0 Å². The number of methoxy groups -OCH3 is 1. The fourth-order valence-corrected chi connectivity index (χ4v) is 1.20. The lowest BCUT2D eigenvalue weighted by Gasteiger charge is -2.19. The summed E-state index contributed by atoms with van der Waals surface area (Å²) < 4.78 is 4.60. The summed E-state index contributed by atoms with van der Waals surface area (Å²) in [6, 6.07) is 1.80. The van der Waals surface area contributed by atoms with Crippen LogP contribution in [-0.2, 0) is 4.74 Å². The monoisotopic (exact) mass is 237 g/mol. The van der Waals surface area contributed by atoms with E-state index in [4.69, 9.17) is 0 Å². The molecule has 17 heavy (non-hydrogen) atoms. The highest BCUT2D eigenvalue weighted by molar-refractivity contribution is 5.85. The Hall–Kier alpha value is -1.65. The van der Waals surface area contributed by atoms with Crippen molar-refractivity contribution in [2.24, 2.45) is 5.41 Å². The van der Waals surface area contributed by atoms with Gasteiger partial charge in [0.2, 0.25) is 5.82 Å². The summed E-state index contributed by atoms with van der Waals surface area (Å²) in [5.41, 5.74) is 0.876. The van der Waals surface area contributed by atoms with Crippen LogP contribution in [0.2, 0.25) is 0 Å². The molecule has 0 radical (unpaired) electrons. The van der Waals surface area contributed by atoms with Gasteiger partial charge in [0.05, 0.1) is 7.11 Å². The summed E-state index contributed by atoms with van der Waals surface area (Å²) in [6.07, 6.45) is 0. The number of carbonyl (C=O) groups is 1. The zero-order valence-corrected chi connectivity index (χ0v) is 11.0. The van der Waals surface area contributed by atoms with Gasteiger partial charge in [0.15, 0.2) is 0 Å². The van der Waals surface area contributed by atoms with Crippen molar-refractivity contribution in [3.8, 4) is 0 Å². The molecule has 0 aliphatic carbocycles. The molecule has 0 spiro atoms. The molecule has 1 heterocycles. The number of hydrogen-bond donors (Lipinski definition) is 1. The van der Waals surface area contributed by atoms with E-state index >= 15 is 0 Å². The van der Waals surface area contributed by atoms with E-state index in [1.807, 2.05) is 6.92 Å². The van der Waals surface area contributed by atoms with Crippen molar-refractivity contribution in [1.29, 1.82) is 0 Å². The van der Waals surface area contributed by atoms with Crippen LogP contribution in [0.5, 0.6) is 0 Å². The van der Waals surface area contributed by atoms with Crippen molar-refractivity contribution < 1.29 is 9.53 Å². The third-order valence-corrected chi connectivity index (χ3v) is 2.02. The molecule has 0 fully saturated rings. The lowest BCUT2D eigenvalue weighted by molar-refractivity contribution is 0.0586. The fraction of sp³-hybridized carbons (Fsp3) is 0.583. The third kappa shape index (κ3) is 4.38. The van der Waals surface area contributed by atoms with Crippen molar-refractivity contribution in [3.63, 3.8) is 0 Å². The van der Waals surface area contributed by atoms with E-state index in [0.29, 0.717) is 5.82 Å². The molecule has 0 unspecified atom stereocenters. The van der Waals surface area contributed by atoms with Crippen molar-refractivity contribution >= 4 is 11.8 Å². The molecule has 0 aromatic carbocycles. The Labute approximate surface area is 102 Å². The molecule has 0 amide bonds. The highest BCUT2D eigenvalue weighted by Gasteiger charge is 2.13. The van der Waals surface area contributed by atoms with E-state index in [0.717, 1.165) is 12.2 Å². The van der Waals surface area contributed by atoms with Gasteiger partial charge in [-0.1, -0.05) is 20.8 Å². The molecule has 5 nitrogen and oxygen atoms in total. The summed E-state index contributed by atoms with van der Waals surface area (Å²) in [4.78, 5) is 19.5. The number of carbonyl (C=O) groups excluding carboxylic acids is 1. The zero-order chi connectivity index (χ0) is 13.1. The number of aromatic nitrogens is 2. The van der Waals surface area contributed by atoms with Crippen LogP contribution >= 0.6 is 0 Å². The van der Waals surface area contributed by atoms with E-state index in [-0.39, 0.29) is 11.2 Å². The largest absolute Gasteiger partial charge is 0.463 e. The number of esters is 1. The second kappa shape index (κ2) is 5.12. The van der Waals surface area contributed by atoms with Gasteiger partial charge < -0.3 is 10.1 Å². The van der Waals surface area contributed by atoms with E-state index in [9.17, 15) is 4.79 Å². The minimum absolute atomic E-state index is 0.0870. The lowest BCUT2D eigenvalue weighted by atomic mass is 9.97. The summed E-state index contributed by atoms with van der Waals surface area (Å²) in [7, 11) is 1.32. The van der Waals surface area contributed by atoms with Crippen molar-refractivity contribution in [1.82, 2.24) is 9.97 Å². The van der Waals surface area contributed by atoms with Gasteiger partial charge in [-0.05, 0) is 12.3 Å². The number of rotatable bonds is 3. The Morgan fingerprint density at radius 2 is 2.06 bits per heavy atom. The first-order chi connectivity index (χ1) is 7.81. The average molecular weight is 237 g/mol. The fourth-order valence-electron chi connectivity index (χ4n) is 1.20. The van der Waals surface area contributed by atoms with Gasteiger partial charge in [-0.3, -0.25) is 0 Å². The van der Waals surface area contributed by atoms with E-state index in [2.05, 4.69) is 40.8 Å². The molecule has 5 heteroatoms. The third-order valence-electron chi connectivity index (χ3n) is 2.02. The molecule has 1 aromatic heterocycles. The average Bonchev–Trinajstić information content (AvgIpc) is 2.23. The van der Waals surface area contributed by atoms with Gasteiger partial charge in [-0.25, -0.2) is 14.8 Å². The zero-order valence-electron chi connectivity index (χ0n) is 11.0. The number of ether oxygens (including phenoxy) is 1. The first kappa shape index (κ1) is 13.4. The molecule has 1 aromatic rings. The second-order valence-corrected chi connectivity index (χ2v) is 5.12. The molecular weight excluding hydrogens is 218 g/mol. The van der Waals surface area contributed by atoms with E-state index in [1.165, 1.54) is 7.11 Å².